The van der Waals surface area contributed by atoms with Crippen LogP contribution in [-0.4, -0.2) is 42.9 Å². The van der Waals surface area contributed by atoms with Crippen molar-refractivity contribution in [3.8, 4) is 5.69 Å². The maximum absolute atomic E-state index is 13.5. The lowest BCUT2D eigenvalue weighted by atomic mass is 10.1. The van der Waals surface area contributed by atoms with Gasteiger partial charge >= 0.3 is 0 Å². The van der Waals surface area contributed by atoms with Crippen molar-refractivity contribution in [1.29, 1.82) is 0 Å². The van der Waals surface area contributed by atoms with Crippen molar-refractivity contribution >= 4 is 11.8 Å². The summed E-state index contributed by atoms with van der Waals surface area (Å²) in [4.78, 5) is 6.90. The van der Waals surface area contributed by atoms with Crippen LogP contribution in [0.1, 0.15) is 62.3 Å². The highest BCUT2D eigenvalue weighted by atomic mass is 32.2. The zero-order chi connectivity index (χ0) is 20.9. The maximum Gasteiger partial charge on any atom is 0.239 e. The molecule has 3 aromatic rings. The van der Waals surface area contributed by atoms with Crippen molar-refractivity contribution in [2.24, 2.45) is 0 Å². The monoisotopic (exact) mass is 430 g/mol. The number of rotatable bonds is 8. The standard InChI is InChI=1S/C21H27FN6OS/c1-3-7-18-23-20(29-26-18)15(2)30-21-25-24-19(14-27-12-5-4-6-13-27)28(21)17-10-8-16(22)9-11-17/h8-11,15H,3-7,12-14H2,1-2H3. The molecular weight excluding hydrogens is 403 g/mol. The molecule has 0 saturated carbocycles. The summed E-state index contributed by atoms with van der Waals surface area (Å²) in [5, 5.41) is 13.6. The molecular formula is C21H27FN6OS. The minimum Gasteiger partial charge on any atom is -0.338 e. The van der Waals surface area contributed by atoms with Gasteiger partial charge in [0, 0.05) is 12.1 Å². The quantitative estimate of drug-likeness (QED) is 0.484. The number of piperidine rings is 1. The molecule has 1 unspecified atom stereocenters. The van der Waals surface area contributed by atoms with Gasteiger partial charge < -0.3 is 4.52 Å². The lowest BCUT2D eigenvalue weighted by molar-refractivity contribution is 0.214. The number of benzene rings is 1. The Bertz CT molecular complexity index is 951. The number of likely N-dealkylation sites (tertiary alicyclic amines) is 1. The van der Waals surface area contributed by atoms with E-state index in [1.165, 1.54) is 43.2 Å². The molecule has 0 N–H and O–H groups in total. The SMILES string of the molecule is CCCc1noc(C(C)Sc2nnc(CN3CCCCC3)n2-c2ccc(F)cc2)n1. The first kappa shape index (κ1) is 21.0. The highest BCUT2D eigenvalue weighted by Gasteiger charge is 2.23. The van der Waals surface area contributed by atoms with Gasteiger partial charge in [-0.05, 0) is 63.5 Å². The molecule has 0 amide bonds. The minimum atomic E-state index is -0.263. The predicted octanol–water partition coefficient (Wildman–Crippen LogP) is 4.58. The van der Waals surface area contributed by atoms with Gasteiger partial charge in [-0.3, -0.25) is 9.47 Å². The van der Waals surface area contributed by atoms with Gasteiger partial charge in [0.1, 0.15) is 5.82 Å². The van der Waals surface area contributed by atoms with E-state index in [1.54, 1.807) is 12.1 Å². The van der Waals surface area contributed by atoms with E-state index in [0.29, 0.717) is 5.89 Å². The predicted molar refractivity (Wildman–Crippen MR) is 113 cm³/mol. The summed E-state index contributed by atoms with van der Waals surface area (Å²) in [5.74, 6) is 1.90. The number of hydrogen-bond donors (Lipinski definition) is 0. The third-order valence-electron chi connectivity index (χ3n) is 5.19. The third kappa shape index (κ3) is 4.89. The molecule has 1 aromatic carbocycles. The summed E-state index contributed by atoms with van der Waals surface area (Å²) in [6, 6.07) is 6.46. The summed E-state index contributed by atoms with van der Waals surface area (Å²) >= 11 is 1.52. The highest BCUT2D eigenvalue weighted by molar-refractivity contribution is 7.99. The van der Waals surface area contributed by atoms with Crippen LogP contribution in [0.2, 0.25) is 0 Å². The van der Waals surface area contributed by atoms with Crippen LogP contribution in [-0.2, 0) is 13.0 Å². The lowest BCUT2D eigenvalue weighted by Gasteiger charge is -2.26. The van der Waals surface area contributed by atoms with E-state index in [4.69, 9.17) is 4.52 Å². The largest absolute Gasteiger partial charge is 0.338 e. The minimum absolute atomic E-state index is 0.0747. The van der Waals surface area contributed by atoms with Gasteiger partial charge in [0.05, 0.1) is 11.8 Å². The Balaban J connectivity index is 1.60. The lowest BCUT2D eigenvalue weighted by Crippen LogP contribution is -2.30. The van der Waals surface area contributed by atoms with Gasteiger partial charge in [-0.2, -0.15) is 4.98 Å². The second kappa shape index (κ2) is 9.70. The van der Waals surface area contributed by atoms with E-state index in [1.807, 2.05) is 11.5 Å². The fourth-order valence-electron chi connectivity index (χ4n) is 3.61. The maximum atomic E-state index is 13.5. The van der Waals surface area contributed by atoms with Crippen molar-refractivity contribution in [1.82, 2.24) is 29.8 Å². The summed E-state index contributed by atoms with van der Waals surface area (Å²) in [6.07, 6.45) is 5.47. The molecule has 7 nitrogen and oxygen atoms in total. The van der Waals surface area contributed by atoms with Gasteiger partial charge in [0.2, 0.25) is 5.89 Å². The molecule has 9 heteroatoms. The molecule has 1 aliphatic rings. The third-order valence-corrected chi connectivity index (χ3v) is 6.22. The second-order valence-corrected chi connectivity index (χ2v) is 8.91. The number of aryl methyl sites for hydroxylation is 1. The van der Waals surface area contributed by atoms with Crippen molar-refractivity contribution in [3.63, 3.8) is 0 Å². The van der Waals surface area contributed by atoms with E-state index in [2.05, 4.69) is 32.2 Å². The Kier molecular flexibility index (Phi) is 6.79. The summed E-state index contributed by atoms with van der Waals surface area (Å²) < 4.78 is 21.0. The van der Waals surface area contributed by atoms with Gasteiger partial charge in [0.25, 0.3) is 0 Å². The molecule has 0 radical (unpaired) electrons. The van der Waals surface area contributed by atoms with E-state index in [0.717, 1.165) is 55.0 Å². The Morgan fingerprint density at radius 1 is 1.13 bits per heavy atom. The molecule has 30 heavy (non-hydrogen) atoms. The zero-order valence-corrected chi connectivity index (χ0v) is 18.2. The summed E-state index contributed by atoms with van der Waals surface area (Å²) in [5.41, 5.74) is 0.848. The second-order valence-electron chi connectivity index (χ2n) is 7.61. The molecule has 160 valence electrons. The molecule has 0 aliphatic carbocycles. The first-order valence-electron chi connectivity index (χ1n) is 10.6. The van der Waals surface area contributed by atoms with Crippen molar-refractivity contribution in [3.05, 3.63) is 47.6 Å². The average molecular weight is 431 g/mol. The van der Waals surface area contributed by atoms with Gasteiger partial charge in [-0.1, -0.05) is 30.3 Å². The number of thioether (sulfide) groups is 1. The molecule has 1 fully saturated rings. The van der Waals surface area contributed by atoms with Gasteiger partial charge in [-0.25, -0.2) is 4.39 Å². The summed E-state index contributed by atoms with van der Waals surface area (Å²) in [7, 11) is 0. The first-order valence-corrected chi connectivity index (χ1v) is 11.4. The number of halogens is 1. The fraction of sp³-hybridized carbons (Fsp3) is 0.524. The topological polar surface area (TPSA) is 72.9 Å². The van der Waals surface area contributed by atoms with Crippen LogP contribution in [0.15, 0.2) is 33.9 Å². The van der Waals surface area contributed by atoms with E-state index < -0.39 is 0 Å². The van der Waals surface area contributed by atoms with Crippen LogP contribution in [0.4, 0.5) is 4.39 Å². The molecule has 1 aliphatic heterocycles. The highest BCUT2D eigenvalue weighted by Crippen LogP contribution is 2.35. The molecule has 4 rings (SSSR count). The average Bonchev–Trinajstić information content (AvgIpc) is 3.37. The van der Waals surface area contributed by atoms with Crippen molar-refractivity contribution in [2.75, 3.05) is 13.1 Å². The molecule has 1 atom stereocenters. The van der Waals surface area contributed by atoms with E-state index >= 15 is 0 Å². The van der Waals surface area contributed by atoms with Gasteiger partial charge in [-0.15, -0.1) is 10.2 Å². The molecule has 0 spiro atoms. The summed E-state index contributed by atoms with van der Waals surface area (Å²) in [6.45, 7) is 6.96. The Labute approximate surface area is 180 Å². The van der Waals surface area contributed by atoms with E-state index in [9.17, 15) is 4.39 Å². The van der Waals surface area contributed by atoms with Crippen LogP contribution in [0.25, 0.3) is 5.69 Å². The molecule has 0 bridgehead atoms. The molecule has 1 saturated heterocycles. The smallest absolute Gasteiger partial charge is 0.239 e. The van der Waals surface area contributed by atoms with Crippen LogP contribution in [0.3, 0.4) is 0 Å². The number of hydrogen-bond acceptors (Lipinski definition) is 7. The van der Waals surface area contributed by atoms with Crippen molar-refractivity contribution < 1.29 is 8.91 Å². The Hall–Kier alpha value is -2.26. The first-order chi connectivity index (χ1) is 14.6. The van der Waals surface area contributed by atoms with Crippen LogP contribution in [0, 0.1) is 5.82 Å². The Morgan fingerprint density at radius 3 is 2.63 bits per heavy atom. The van der Waals surface area contributed by atoms with Crippen LogP contribution < -0.4 is 0 Å². The Morgan fingerprint density at radius 2 is 1.90 bits per heavy atom. The normalized spacial score (nSPS) is 16.1. The van der Waals surface area contributed by atoms with Crippen LogP contribution in [0.5, 0.6) is 0 Å². The fourth-order valence-corrected chi connectivity index (χ4v) is 4.53. The molecule has 3 heterocycles. The molecule has 2 aromatic heterocycles. The van der Waals surface area contributed by atoms with Crippen LogP contribution >= 0.6 is 11.8 Å². The number of nitrogens with zero attached hydrogens (tertiary/aromatic N) is 6. The van der Waals surface area contributed by atoms with E-state index in [-0.39, 0.29) is 11.1 Å². The zero-order valence-electron chi connectivity index (χ0n) is 17.4. The van der Waals surface area contributed by atoms with Crippen molar-refractivity contribution in [2.45, 2.75) is 62.9 Å². The van der Waals surface area contributed by atoms with Gasteiger partial charge in [0.15, 0.2) is 16.8 Å². The number of aromatic nitrogens is 5.